The topological polar surface area (TPSA) is 15.3 Å². The maximum absolute atomic E-state index is 3.57. The number of unbranched alkanes of at least 4 members (excludes halogenated alkanes) is 2. The monoisotopic (exact) mass is 288 g/mol. The molecule has 1 heterocycles. The minimum Gasteiger partial charge on any atom is -0.369 e. The molecular formula is C19H32N2. The zero-order valence-electron chi connectivity index (χ0n) is 14.3. The third-order valence-corrected chi connectivity index (χ3v) is 4.40. The van der Waals surface area contributed by atoms with Crippen molar-refractivity contribution >= 4 is 5.69 Å². The summed E-state index contributed by atoms with van der Waals surface area (Å²) in [6.45, 7) is 11.4. The number of anilines is 1. The highest BCUT2D eigenvalue weighted by Crippen LogP contribution is 2.30. The first kappa shape index (κ1) is 16.4. The summed E-state index contributed by atoms with van der Waals surface area (Å²) in [5.41, 5.74) is 3.26. The molecule has 0 aliphatic carbocycles. The van der Waals surface area contributed by atoms with Crippen molar-refractivity contribution < 1.29 is 0 Å². The molecule has 0 spiro atoms. The molecule has 2 heteroatoms. The average molecular weight is 288 g/mol. The van der Waals surface area contributed by atoms with Crippen molar-refractivity contribution in [2.75, 3.05) is 18.0 Å². The number of hydrogen-bond acceptors (Lipinski definition) is 2. The summed E-state index contributed by atoms with van der Waals surface area (Å²) >= 11 is 0. The molecule has 1 unspecified atom stereocenters. The van der Waals surface area contributed by atoms with Gasteiger partial charge in [-0.05, 0) is 71.6 Å². The van der Waals surface area contributed by atoms with Crippen LogP contribution in [-0.4, -0.2) is 24.7 Å². The first-order valence-electron chi connectivity index (χ1n) is 8.57. The molecule has 1 aliphatic heterocycles. The molecule has 1 N–H and O–H groups in total. The number of nitrogens with one attached hydrogen (secondary N) is 1. The number of para-hydroxylation sites is 1. The van der Waals surface area contributed by atoms with Gasteiger partial charge in [0, 0.05) is 23.8 Å². The predicted molar refractivity (Wildman–Crippen MR) is 93.2 cm³/mol. The minimum absolute atomic E-state index is 0.250. The Morgan fingerprint density at radius 3 is 2.67 bits per heavy atom. The Morgan fingerprint density at radius 1 is 1.14 bits per heavy atom. The first-order chi connectivity index (χ1) is 9.97. The van der Waals surface area contributed by atoms with E-state index in [9.17, 15) is 0 Å². The van der Waals surface area contributed by atoms with Crippen molar-refractivity contribution in [3.05, 3.63) is 29.8 Å². The van der Waals surface area contributed by atoms with Gasteiger partial charge in [0.25, 0.3) is 0 Å². The third-order valence-electron chi connectivity index (χ3n) is 4.40. The lowest BCUT2D eigenvalue weighted by molar-refractivity contribution is 0.416. The SMILES string of the molecule is CC1CCc2ccccc2N1CCCCCNC(C)(C)C. The van der Waals surface area contributed by atoms with Gasteiger partial charge in [-0.25, -0.2) is 0 Å². The molecule has 0 radical (unpaired) electrons. The molecule has 1 aliphatic rings. The van der Waals surface area contributed by atoms with Crippen LogP contribution in [0.5, 0.6) is 0 Å². The molecule has 0 bridgehead atoms. The van der Waals surface area contributed by atoms with Gasteiger partial charge in [0.15, 0.2) is 0 Å². The predicted octanol–water partition coefficient (Wildman–Crippen LogP) is 4.39. The zero-order chi connectivity index (χ0) is 15.3. The molecular weight excluding hydrogens is 256 g/mol. The van der Waals surface area contributed by atoms with E-state index in [2.05, 4.69) is 62.2 Å². The molecule has 0 fully saturated rings. The molecule has 0 amide bonds. The van der Waals surface area contributed by atoms with E-state index < -0.39 is 0 Å². The van der Waals surface area contributed by atoms with E-state index in [0.29, 0.717) is 6.04 Å². The smallest absolute Gasteiger partial charge is 0.0401 e. The van der Waals surface area contributed by atoms with Crippen molar-refractivity contribution in [3.8, 4) is 0 Å². The highest BCUT2D eigenvalue weighted by atomic mass is 15.2. The molecule has 2 nitrogen and oxygen atoms in total. The van der Waals surface area contributed by atoms with Crippen LogP contribution in [0.15, 0.2) is 24.3 Å². The standard InChI is InChI=1S/C19H32N2/c1-16-12-13-17-10-6-7-11-18(17)21(16)15-9-5-8-14-20-19(2,3)4/h6-7,10-11,16,20H,5,8-9,12-15H2,1-4H3. The Bertz CT molecular complexity index is 433. The fraction of sp³-hybridized carbons (Fsp3) is 0.684. The van der Waals surface area contributed by atoms with Crippen LogP contribution >= 0.6 is 0 Å². The maximum atomic E-state index is 3.57. The number of rotatable bonds is 6. The number of fused-ring (bicyclic) bond motifs is 1. The highest BCUT2D eigenvalue weighted by Gasteiger charge is 2.21. The Labute approximate surface area is 130 Å². The number of aryl methyl sites for hydroxylation is 1. The molecule has 0 aromatic heterocycles. The van der Waals surface area contributed by atoms with E-state index in [4.69, 9.17) is 0 Å². The van der Waals surface area contributed by atoms with Gasteiger partial charge in [-0.2, -0.15) is 0 Å². The van der Waals surface area contributed by atoms with Crippen LogP contribution in [-0.2, 0) is 6.42 Å². The average Bonchev–Trinajstić information content (AvgIpc) is 2.43. The Hall–Kier alpha value is -1.02. The molecule has 1 aromatic rings. The second kappa shape index (κ2) is 7.31. The van der Waals surface area contributed by atoms with E-state index in [1.807, 2.05) is 0 Å². The quantitative estimate of drug-likeness (QED) is 0.781. The first-order valence-corrected chi connectivity index (χ1v) is 8.57. The highest BCUT2D eigenvalue weighted by molar-refractivity contribution is 5.56. The van der Waals surface area contributed by atoms with Gasteiger partial charge in [-0.3, -0.25) is 0 Å². The van der Waals surface area contributed by atoms with Gasteiger partial charge >= 0.3 is 0 Å². The molecule has 2 rings (SSSR count). The van der Waals surface area contributed by atoms with E-state index >= 15 is 0 Å². The van der Waals surface area contributed by atoms with E-state index in [-0.39, 0.29) is 5.54 Å². The third kappa shape index (κ3) is 5.03. The normalized spacial score (nSPS) is 18.7. The van der Waals surface area contributed by atoms with Gasteiger partial charge in [0.05, 0.1) is 0 Å². The summed E-state index contributed by atoms with van der Waals surface area (Å²) in [6, 6.07) is 9.63. The lowest BCUT2D eigenvalue weighted by Crippen LogP contribution is -2.38. The van der Waals surface area contributed by atoms with Crippen molar-refractivity contribution in [1.29, 1.82) is 0 Å². The Balaban J connectivity index is 1.75. The van der Waals surface area contributed by atoms with Crippen LogP contribution in [0.3, 0.4) is 0 Å². The van der Waals surface area contributed by atoms with Gasteiger partial charge in [-0.15, -0.1) is 0 Å². The summed E-state index contributed by atoms with van der Waals surface area (Å²) in [7, 11) is 0. The zero-order valence-corrected chi connectivity index (χ0v) is 14.3. The van der Waals surface area contributed by atoms with Crippen LogP contribution in [0.1, 0.15) is 58.9 Å². The van der Waals surface area contributed by atoms with Crippen molar-refractivity contribution in [2.45, 2.75) is 71.4 Å². The number of nitrogens with zero attached hydrogens (tertiary/aromatic N) is 1. The number of hydrogen-bond donors (Lipinski definition) is 1. The summed E-state index contributed by atoms with van der Waals surface area (Å²) in [6.07, 6.45) is 6.42. The Morgan fingerprint density at radius 2 is 1.90 bits per heavy atom. The molecule has 0 saturated carbocycles. The van der Waals surface area contributed by atoms with Crippen LogP contribution in [0, 0.1) is 0 Å². The molecule has 21 heavy (non-hydrogen) atoms. The van der Waals surface area contributed by atoms with Crippen LogP contribution in [0.4, 0.5) is 5.69 Å². The van der Waals surface area contributed by atoms with Gasteiger partial charge in [0.2, 0.25) is 0 Å². The molecule has 1 atom stereocenters. The van der Waals surface area contributed by atoms with Crippen LogP contribution in [0.25, 0.3) is 0 Å². The molecule has 0 saturated heterocycles. The summed E-state index contributed by atoms with van der Waals surface area (Å²) in [4.78, 5) is 2.62. The summed E-state index contributed by atoms with van der Waals surface area (Å²) < 4.78 is 0. The fourth-order valence-corrected chi connectivity index (χ4v) is 3.15. The van der Waals surface area contributed by atoms with E-state index in [0.717, 1.165) is 6.54 Å². The van der Waals surface area contributed by atoms with Gasteiger partial charge < -0.3 is 10.2 Å². The summed E-state index contributed by atoms with van der Waals surface area (Å²) in [5, 5.41) is 3.57. The maximum Gasteiger partial charge on any atom is 0.0401 e. The van der Waals surface area contributed by atoms with Gasteiger partial charge in [0.1, 0.15) is 0 Å². The van der Waals surface area contributed by atoms with Crippen molar-refractivity contribution in [3.63, 3.8) is 0 Å². The van der Waals surface area contributed by atoms with Crippen LogP contribution in [0.2, 0.25) is 0 Å². The van der Waals surface area contributed by atoms with Crippen LogP contribution < -0.4 is 10.2 Å². The lowest BCUT2D eigenvalue weighted by atomic mass is 9.96. The second-order valence-electron chi connectivity index (χ2n) is 7.45. The van der Waals surface area contributed by atoms with E-state index in [1.165, 1.54) is 49.9 Å². The lowest BCUT2D eigenvalue weighted by Gasteiger charge is -2.37. The Kier molecular flexibility index (Phi) is 5.69. The minimum atomic E-state index is 0.250. The fourth-order valence-electron chi connectivity index (χ4n) is 3.15. The van der Waals surface area contributed by atoms with Crippen molar-refractivity contribution in [2.24, 2.45) is 0 Å². The second-order valence-corrected chi connectivity index (χ2v) is 7.45. The summed E-state index contributed by atoms with van der Waals surface area (Å²) in [5.74, 6) is 0. The van der Waals surface area contributed by atoms with Crippen molar-refractivity contribution in [1.82, 2.24) is 5.32 Å². The molecule has 118 valence electrons. The van der Waals surface area contributed by atoms with E-state index in [1.54, 1.807) is 0 Å². The largest absolute Gasteiger partial charge is 0.369 e. The van der Waals surface area contributed by atoms with Gasteiger partial charge in [-0.1, -0.05) is 24.6 Å². The molecule has 1 aromatic carbocycles. The number of benzene rings is 1.